The lowest BCUT2D eigenvalue weighted by atomic mass is 9.97. The fourth-order valence-corrected chi connectivity index (χ4v) is 1.10. The molecule has 0 saturated heterocycles. The lowest BCUT2D eigenvalue weighted by Gasteiger charge is -2.18. The van der Waals surface area contributed by atoms with Gasteiger partial charge in [-0.2, -0.15) is 0 Å². The zero-order valence-electron chi connectivity index (χ0n) is 7.54. The van der Waals surface area contributed by atoms with E-state index in [1.165, 1.54) is 26.0 Å². The maximum atomic E-state index is 13.2. The minimum atomic E-state index is -1.22. The van der Waals surface area contributed by atoms with Crippen LogP contribution in [0.2, 0.25) is 0 Å². The molecule has 0 heterocycles. The van der Waals surface area contributed by atoms with Gasteiger partial charge >= 0.3 is 0 Å². The van der Waals surface area contributed by atoms with E-state index in [9.17, 15) is 14.3 Å². The van der Waals surface area contributed by atoms with Gasteiger partial charge in [0.1, 0.15) is 12.1 Å². The Balaban J connectivity index is 3.20. The Morgan fingerprint density at radius 2 is 2.08 bits per heavy atom. The van der Waals surface area contributed by atoms with E-state index in [0.717, 1.165) is 6.07 Å². The van der Waals surface area contributed by atoms with Gasteiger partial charge in [0.2, 0.25) is 0 Å². The van der Waals surface area contributed by atoms with Crippen molar-refractivity contribution in [2.45, 2.75) is 19.4 Å². The summed E-state index contributed by atoms with van der Waals surface area (Å²) in [4.78, 5) is 10.3. The number of carbonyl (C=O) groups excluding carboxylic acids is 1. The average Bonchev–Trinajstić information content (AvgIpc) is 2.01. The summed E-state index contributed by atoms with van der Waals surface area (Å²) >= 11 is 0. The van der Waals surface area contributed by atoms with E-state index in [2.05, 4.69) is 0 Å². The molecule has 0 saturated carbocycles. The standard InChI is InChI=1S/C10H11FO2/c1-10(2,13)8-4-3-7(6-12)5-9(8)11/h3-6,13H,1-2H3. The Labute approximate surface area is 76.0 Å². The highest BCUT2D eigenvalue weighted by Gasteiger charge is 2.20. The molecule has 0 fully saturated rings. The minimum Gasteiger partial charge on any atom is -0.386 e. The third kappa shape index (κ3) is 2.12. The number of hydrogen-bond acceptors (Lipinski definition) is 2. The summed E-state index contributed by atoms with van der Waals surface area (Å²) in [7, 11) is 0. The van der Waals surface area contributed by atoms with Crippen molar-refractivity contribution in [2.24, 2.45) is 0 Å². The molecule has 0 atom stereocenters. The Kier molecular flexibility index (Phi) is 2.48. The molecular formula is C10H11FO2. The highest BCUT2D eigenvalue weighted by molar-refractivity contribution is 5.74. The summed E-state index contributed by atoms with van der Waals surface area (Å²) in [6.45, 7) is 2.98. The smallest absolute Gasteiger partial charge is 0.150 e. The molecule has 0 amide bonds. The molecule has 2 nitrogen and oxygen atoms in total. The molecule has 0 unspecified atom stereocenters. The second kappa shape index (κ2) is 3.26. The molecule has 0 aromatic heterocycles. The minimum absolute atomic E-state index is 0.193. The Bertz CT molecular complexity index is 326. The first kappa shape index (κ1) is 9.86. The van der Waals surface area contributed by atoms with Gasteiger partial charge in [-0.15, -0.1) is 0 Å². The van der Waals surface area contributed by atoms with E-state index >= 15 is 0 Å². The first-order valence-electron chi connectivity index (χ1n) is 3.93. The van der Waals surface area contributed by atoms with Crippen LogP contribution in [0, 0.1) is 5.82 Å². The van der Waals surface area contributed by atoms with Crippen molar-refractivity contribution in [3.8, 4) is 0 Å². The monoisotopic (exact) mass is 182 g/mol. The maximum Gasteiger partial charge on any atom is 0.150 e. The van der Waals surface area contributed by atoms with Crippen LogP contribution < -0.4 is 0 Å². The molecule has 1 aromatic carbocycles. The third-order valence-electron chi connectivity index (χ3n) is 1.79. The SMILES string of the molecule is CC(C)(O)c1ccc(C=O)cc1F. The Morgan fingerprint density at radius 1 is 1.46 bits per heavy atom. The predicted molar refractivity (Wildman–Crippen MR) is 47.0 cm³/mol. The van der Waals surface area contributed by atoms with Gasteiger partial charge in [-0.25, -0.2) is 4.39 Å². The highest BCUT2D eigenvalue weighted by atomic mass is 19.1. The van der Waals surface area contributed by atoms with Crippen molar-refractivity contribution >= 4 is 6.29 Å². The predicted octanol–water partition coefficient (Wildman–Crippen LogP) is 1.87. The van der Waals surface area contributed by atoms with E-state index in [4.69, 9.17) is 0 Å². The maximum absolute atomic E-state index is 13.2. The molecule has 0 bridgehead atoms. The summed E-state index contributed by atoms with van der Waals surface area (Å²) in [6, 6.07) is 4.00. The molecule has 3 heteroatoms. The fraction of sp³-hybridized carbons (Fsp3) is 0.300. The van der Waals surface area contributed by atoms with Gasteiger partial charge in [0.25, 0.3) is 0 Å². The van der Waals surface area contributed by atoms with Crippen molar-refractivity contribution in [1.29, 1.82) is 0 Å². The number of hydrogen-bond donors (Lipinski definition) is 1. The Hall–Kier alpha value is -1.22. The normalized spacial score (nSPS) is 11.4. The first-order chi connectivity index (χ1) is 5.95. The van der Waals surface area contributed by atoms with Crippen LogP contribution in [-0.4, -0.2) is 11.4 Å². The van der Waals surface area contributed by atoms with Crippen molar-refractivity contribution < 1.29 is 14.3 Å². The molecule has 13 heavy (non-hydrogen) atoms. The van der Waals surface area contributed by atoms with Crippen LogP contribution >= 0.6 is 0 Å². The molecular weight excluding hydrogens is 171 g/mol. The summed E-state index contributed by atoms with van der Waals surface area (Å²) in [5.41, 5.74) is -0.755. The van der Waals surface area contributed by atoms with Crippen molar-refractivity contribution in [3.63, 3.8) is 0 Å². The summed E-state index contributed by atoms with van der Waals surface area (Å²) in [5, 5.41) is 9.51. The van der Waals surface area contributed by atoms with Gasteiger partial charge < -0.3 is 5.11 Å². The lowest BCUT2D eigenvalue weighted by molar-refractivity contribution is 0.0744. The van der Waals surface area contributed by atoms with Crippen LogP contribution in [0.3, 0.4) is 0 Å². The average molecular weight is 182 g/mol. The van der Waals surface area contributed by atoms with Crippen LogP contribution in [-0.2, 0) is 5.60 Å². The second-order valence-electron chi connectivity index (χ2n) is 3.42. The van der Waals surface area contributed by atoms with Crippen LogP contribution in [0.1, 0.15) is 29.8 Å². The van der Waals surface area contributed by atoms with E-state index in [-0.39, 0.29) is 11.1 Å². The topological polar surface area (TPSA) is 37.3 Å². The zero-order chi connectivity index (χ0) is 10.1. The van der Waals surface area contributed by atoms with Crippen molar-refractivity contribution in [1.82, 2.24) is 0 Å². The number of benzene rings is 1. The zero-order valence-corrected chi connectivity index (χ0v) is 7.54. The molecule has 0 aliphatic rings. The van der Waals surface area contributed by atoms with Crippen LogP contribution in [0.15, 0.2) is 18.2 Å². The molecule has 1 aromatic rings. The van der Waals surface area contributed by atoms with Gasteiger partial charge in [-0.1, -0.05) is 12.1 Å². The van der Waals surface area contributed by atoms with Gasteiger partial charge in [0, 0.05) is 11.1 Å². The largest absolute Gasteiger partial charge is 0.386 e. The van der Waals surface area contributed by atoms with Crippen molar-refractivity contribution in [3.05, 3.63) is 35.1 Å². The van der Waals surface area contributed by atoms with E-state index in [1.54, 1.807) is 0 Å². The van der Waals surface area contributed by atoms with Crippen molar-refractivity contribution in [2.75, 3.05) is 0 Å². The summed E-state index contributed by atoms with van der Waals surface area (Å²) in [5.74, 6) is -0.558. The first-order valence-corrected chi connectivity index (χ1v) is 3.93. The van der Waals surface area contributed by atoms with Gasteiger partial charge in [0.05, 0.1) is 5.60 Å². The quantitative estimate of drug-likeness (QED) is 0.709. The van der Waals surface area contributed by atoms with Crippen LogP contribution in [0.4, 0.5) is 4.39 Å². The van der Waals surface area contributed by atoms with Crippen LogP contribution in [0.5, 0.6) is 0 Å². The van der Waals surface area contributed by atoms with E-state index < -0.39 is 11.4 Å². The second-order valence-corrected chi connectivity index (χ2v) is 3.42. The molecule has 0 radical (unpaired) electrons. The summed E-state index contributed by atoms with van der Waals surface area (Å²) in [6.07, 6.45) is 0.567. The number of rotatable bonds is 2. The number of aliphatic hydroxyl groups is 1. The summed E-state index contributed by atoms with van der Waals surface area (Å²) < 4.78 is 13.2. The van der Waals surface area contributed by atoms with Gasteiger partial charge in [0.15, 0.2) is 0 Å². The Morgan fingerprint density at radius 3 is 2.46 bits per heavy atom. The number of halogens is 1. The molecule has 0 spiro atoms. The van der Waals surface area contributed by atoms with E-state index in [1.807, 2.05) is 0 Å². The van der Waals surface area contributed by atoms with E-state index in [0.29, 0.717) is 6.29 Å². The van der Waals surface area contributed by atoms with Crippen LogP contribution in [0.25, 0.3) is 0 Å². The van der Waals surface area contributed by atoms with Gasteiger partial charge in [-0.05, 0) is 19.9 Å². The number of carbonyl (C=O) groups is 1. The molecule has 1 rings (SSSR count). The highest BCUT2D eigenvalue weighted by Crippen LogP contribution is 2.22. The molecule has 1 N–H and O–H groups in total. The molecule has 0 aliphatic carbocycles. The molecule has 70 valence electrons. The number of aldehydes is 1. The lowest BCUT2D eigenvalue weighted by Crippen LogP contribution is -2.17. The third-order valence-corrected chi connectivity index (χ3v) is 1.79. The molecule has 0 aliphatic heterocycles. The fourth-order valence-electron chi connectivity index (χ4n) is 1.10. The van der Waals surface area contributed by atoms with Gasteiger partial charge in [-0.3, -0.25) is 4.79 Å².